The molecule has 3 fully saturated rings. The number of hydrogen-bond donors (Lipinski definition) is 2. The minimum absolute atomic E-state index is 0.0695. The molecule has 4 heterocycles. The third-order valence-electron chi connectivity index (χ3n) is 8.66. The Hall–Kier alpha value is -3.03. The summed E-state index contributed by atoms with van der Waals surface area (Å²) < 4.78 is 95.7. The Morgan fingerprint density at radius 3 is 2.44 bits per heavy atom. The number of alkyl halides is 3. The third-order valence-corrected chi connectivity index (χ3v) is 8.96. The Balaban J connectivity index is 1.53. The molecule has 0 amide bonds. The van der Waals surface area contributed by atoms with Gasteiger partial charge in [0, 0.05) is 48.1 Å². The van der Waals surface area contributed by atoms with E-state index in [1.807, 2.05) is 11.9 Å². The fraction of sp³-hybridized carbons (Fsp3) is 0.517. The van der Waals surface area contributed by atoms with E-state index in [1.54, 1.807) is 0 Å². The highest BCUT2D eigenvalue weighted by molar-refractivity contribution is 6.32. The van der Waals surface area contributed by atoms with Crippen molar-refractivity contribution in [3.63, 3.8) is 0 Å². The molecule has 0 spiro atoms. The topological polar surface area (TPSA) is 79.5 Å². The van der Waals surface area contributed by atoms with Crippen molar-refractivity contribution in [1.82, 2.24) is 20.2 Å². The van der Waals surface area contributed by atoms with Gasteiger partial charge in [0.15, 0.2) is 11.6 Å². The van der Waals surface area contributed by atoms with Gasteiger partial charge in [-0.25, -0.2) is 13.2 Å². The number of fused-ring (bicyclic) bond motifs is 3. The van der Waals surface area contributed by atoms with Crippen LogP contribution in [0.5, 0.6) is 6.01 Å². The normalized spacial score (nSPS) is 24.6. The number of piperidine rings is 1. The first-order chi connectivity index (χ1) is 20.2. The molecule has 232 valence electrons. The van der Waals surface area contributed by atoms with E-state index in [4.69, 9.17) is 22.1 Å². The van der Waals surface area contributed by atoms with Crippen LogP contribution in [0.4, 0.5) is 37.8 Å². The third kappa shape index (κ3) is 5.55. The molecule has 1 aromatic heterocycles. The molecule has 3 aliphatic rings. The first kappa shape index (κ1) is 30.0. The van der Waals surface area contributed by atoms with E-state index in [-0.39, 0.29) is 41.3 Å². The predicted molar refractivity (Wildman–Crippen MR) is 152 cm³/mol. The number of benzene rings is 2. The first-order valence-electron chi connectivity index (χ1n) is 14.1. The number of aromatic nitrogens is 2. The Kier molecular flexibility index (Phi) is 7.57. The Bertz CT molecular complexity index is 1580. The second-order valence-electron chi connectivity index (χ2n) is 12.3. The van der Waals surface area contributed by atoms with E-state index < -0.39 is 56.5 Å². The summed E-state index contributed by atoms with van der Waals surface area (Å²) in [6.07, 6.45) is -1.58. The molecule has 2 aromatic carbocycles. The number of nitrogens with two attached hydrogens (primary N) is 1. The maximum absolute atomic E-state index is 16.4. The van der Waals surface area contributed by atoms with Gasteiger partial charge >= 0.3 is 12.2 Å². The van der Waals surface area contributed by atoms with E-state index in [0.717, 1.165) is 44.8 Å². The molecule has 0 unspecified atom stereocenters. The van der Waals surface area contributed by atoms with Crippen LogP contribution in [0.3, 0.4) is 0 Å². The number of piperazine rings is 1. The molecule has 3 aliphatic heterocycles. The molecule has 2 bridgehead atoms. The molecular formula is C29H31ClF6N6O. The van der Waals surface area contributed by atoms with Gasteiger partial charge in [-0.2, -0.15) is 23.1 Å². The maximum atomic E-state index is 16.4. The summed E-state index contributed by atoms with van der Waals surface area (Å²) in [5, 5.41) is 2.42. The predicted octanol–water partition coefficient (Wildman–Crippen LogP) is 6.02. The van der Waals surface area contributed by atoms with Crippen LogP contribution in [0.25, 0.3) is 22.0 Å². The van der Waals surface area contributed by atoms with Gasteiger partial charge < -0.3 is 25.6 Å². The van der Waals surface area contributed by atoms with Gasteiger partial charge in [-0.15, -0.1) is 0 Å². The van der Waals surface area contributed by atoms with Crippen LogP contribution >= 0.6 is 11.6 Å². The van der Waals surface area contributed by atoms with Gasteiger partial charge in [-0.05, 0) is 51.4 Å². The lowest BCUT2D eigenvalue weighted by Crippen LogP contribution is -2.51. The number of ether oxygens (including phenoxy) is 1. The van der Waals surface area contributed by atoms with Gasteiger partial charge in [0.1, 0.15) is 17.2 Å². The van der Waals surface area contributed by atoms with E-state index in [2.05, 4.69) is 27.1 Å². The van der Waals surface area contributed by atoms with Crippen molar-refractivity contribution in [3.8, 4) is 17.1 Å². The van der Waals surface area contributed by atoms with E-state index in [1.165, 1.54) is 0 Å². The number of hydrogen-bond acceptors (Lipinski definition) is 7. The molecule has 3 N–H and O–H groups in total. The Labute approximate surface area is 249 Å². The van der Waals surface area contributed by atoms with Gasteiger partial charge in [-0.3, -0.25) is 0 Å². The van der Waals surface area contributed by atoms with Crippen LogP contribution in [-0.4, -0.2) is 66.8 Å². The summed E-state index contributed by atoms with van der Waals surface area (Å²) in [5.74, 6) is -4.40. The average molecular weight is 629 g/mol. The molecule has 0 saturated carbocycles. The molecule has 14 heteroatoms. The number of likely N-dealkylation sites (tertiary alicyclic amines) is 1. The van der Waals surface area contributed by atoms with Crippen LogP contribution in [0.15, 0.2) is 12.1 Å². The van der Waals surface area contributed by atoms with Crippen LogP contribution in [0.1, 0.15) is 38.2 Å². The summed E-state index contributed by atoms with van der Waals surface area (Å²) in [7, 11) is 2.00. The standard InChI is InChI=1S/C29H31ClF6N6O/c1-28(6-3-7-41(2)12-28)13-43-27-39-25-16(26(40-27)42-10-14-4-5-15(11-42)38-14)8-18(31)20(24(25)33)21-22(29(34,35)36)17(30)9-19(37)23(21)32/h8-9,14-15,38H,3-7,10-13,37H2,1-2H3/t14-,15+,28-/m1/s1. The zero-order chi connectivity index (χ0) is 30.8. The smallest absolute Gasteiger partial charge is 0.418 e. The summed E-state index contributed by atoms with van der Waals surface area (Å²) in [5.41, 5.74) is -0.420. The van der Waals surface area contributed by atoms with Crippen molar-refractivity contribution in [2.75, 3.05) is 50.5 Å². The molecule has 7 nitrogen and oxygen atoms in total. The number of anilines is 2. The first-order valence-corrected chi connectivity index (χ1v) is 14.5. The van der Waals surface area contributed by atoms with Gasteiger partial charge in [0.25, 0.3) is 0 Å². The van der Waals surface area contributed by atoms with Gasteiger partial charge in [-0.1, -0.05) is 18.5 Å². The van der Waals surface area contributed by atoms with Gasteiger partial charge in [0.05, 0.1) is 28.4 Å². The van der Waals surface area contributed by atoms with Crippen molar-refractivity contribution in [2.45, 2.75) is 50.9 Å². The highest BCUT2D eigenvalue weighted by Gasteiger charge is 2.41. The van der Waals surface area contributed by atoms with E-state index >= 15 is 13.2 Å². The quantitative estimate of drug-likeness (QED) is 0.264. The van der Waals surface area contributed by atoms with Crippen molar-refractivity contribution in [3.05, 3.63) is 40.2 Å². The summed E-state index contributed by atoms with van der Waals surface area (Å²) in [4.78, 5) is 12.8. The highest BCUT2D eigenvalue weighted by Crippen LogP contribution is 2.47. The number of halogens is 7. The van der Waals surface area contributed by atoms with Crippen LogP contribution < -0.4 is 20.7 Å². The van der Waals surface area contributed by atoms with E-state index in [0.29, 0.717) is 19.2 Å². The van der Waals surface area contributed by atoms with E-state index in [9.17, 15) is 13.2 Å². The second-order valence-corrected chi connectivity index (χ2v) is 12.7. The summed E-state index contributed by atoms with van der Waals surface area (Å²) in [6, 6.07) is 1.47. The van der Waals surface area contributed by atoms with Crippen molar-refractivity contribution >= 4 is 34.0 Å². The fourth-order valence-corrected chi connectivity index (χ4v) is 7.08. The van der Waals surface area contributed by atoms with Crippen LogP contribution in [-0.2, 0) is 6.18 Å². The van der Waals surface area contributed by atoms with Crippen molar-refractivity contribution in [2.24, 2.45) is 5.41 Å². The van der Waals surface area contributed by atoms with Crippen molar-refractivity contribution in [1.29, 1.82) is 0 Å². The monoisotopic (exact) mass is 628 g/mol. The molecule has 0 radical (unpaired) electrons. The Morgan fingerprint density at radius 2 is 1.79 bits per heavy atom. The number of rotatable bonds is 5. The lowest BCUT2D eigenvalue weighted by atomic mass is 9.83. The van der Waals surface area contributed by atoms with Gasteiger partial charge in [0.2, 0.25) is 0 Å². The minimum atomic E-state index is -5.25. The molecule has 3 aromatic rings. The lowest BCUT2D eigenvalue weighted by Gasteiger charge is -2.38. The number of nitrogen functional groups attached to an aromatic ring is 1. The Morgan fingerprint density at radius 1 is 1.09 bits per heavy atom. The second kappa shape index (κ2) is 10.8. The molecule has 3 atom stereocenters. The summed E-state index contributed by atoms with van der Waals surface area (Å²) >= 11 is 5.81. The molecule has 3 saturated heterocycles. The van der Waals surface area contributed by atoms with Crippen LogP contribution in [0, 0.1) is 22.9 Å². The SMILES string of the molecule is CN1CCC[C@@](C)(COc2nc(N3C[C@H]4CC[C@@H](C3)N4)c3cc(F)c(-c4c(F)c(N)cc(Cl)c4C(F)(F)F)c(F)c3n2)C1. The minimum Gasteiger partial charge on any atom is -0.463 e. The summed E-state index contributed by atoms with van der Waals surface area (Å²) in [6.45, 7) is 4.93. The molecule has 0 aliphatic carbocycles. The lowest BCUT2D eigenvalue weighted by molar-refractivity contribution is -0.137. The average Bonchev–Trinajstić information content (AvgIpc) is 3.26. The fourth-order valence-electron chi connectivity index (χ4n) is 6.76. The van der Waals surface area contributed by atoms with Crippen molar-refractivity contribution < 1.29 is 31.1 Å². The zero-order valence-electron chi connectivity index (χ0n) is 23.6. The molecular weight excluding hydrogens is 598 g/mol. The number of nitrogens with zero attached hydrogens (tertiary/aromatic N) is 4. The zero-order valence-corrected chi connectivity index (χ0v) is 24.3. The largest absolute Gasteiger partial charge is 0.463 e. The van der Waals surface area contributed by atoms with Crippen LogP contribution in [0.2, 0.25) is 5.02 Å². The molecule has 6 rings (SSSR count). The molecule has 43 heavy (non-hydrogen) atoms. The number of nitrogens with one attached hydrogen (secondary N) is 1. The maximum Gasteiger partial charge on any atom is 0.418 e. The highest BCUT2D eigenvalue weighted by atomic mass is 35.5.